The minimum atomic E-state index is 0.185. The molecule has 0 aliphatic heterocycles. The normalized spacial score (nSPS) is 11.3. The molecule has 5 rings (SSSR count). The van der Waals surface area contributed by atoms with Crippen molar-refractivity contribution in [2.24, 2.45) is 10.7 Å². The molecule has 0 aliphatic rings. The van der Waals surface area contributed by atoms with Crippen LogP contribution < -0.4 is 16.4 Å². The summed E-state index contributed by atoms with van der Waals surface area (Å²) in [6.07, 6.45) is 0. The summed E-state index contributed by atoms with van der Waals surface area (Å²) in [4.78, 5) is 13.6. The molecule has 2 aromatic carbocycles. The second kappa shape index (κ2) is 10.1. The van der Waals surface area contributed by atoms with Crippen molar-refractivity contribution in [3.8, 4) is 22.5 Å². The molecule has 8 nitrogen and oxygen atoms in total. The molecule has 9 heteroatoms. The molecule has 0 radical (unpaired) electrons. The molecular formula is C26H22N8S. The van der Waals surface area contributed by atoms with Crippen LogP contribution in [0, 0.1) is 6.92 Å². The molecule has 0 atom stereocenters. The smallest absolute Gasteiger partial charge is 0.228 e. The second-order valence-corrected chi connectivity index (χ2v) is 8.45. The highest BCUT2D eigenvalue weighted by atomic mass is 32.1. The van der Waals surface area contributed by atoms with Crippen molar-refractivity contribution in [3.63, 3.8) is 0 Å². The second-order valence-electron chi connectivity index (χ2n) is 7.67. The number of aromatic nitrogens is 4. The third-order valence-corrected chi connectivity index (χ3v) is 5.75. The first kappa shape index (κ1) is 22.2. The number of benzene rings is 2. The van der Waals surface area contributed by atoms with Gasteiger partial charge in [0.15, 0.2) is 11.8 Å². The van der Waals surface area contributed by atoms with Crippen LogP contribution in [0.3, 0.4) is 0 Å². The summed E-state index contributed by atoms with van der Waals surface area (Å²) in [6.45, 7) is 1.95. The zero-order chi connectivity index (χ0) is 24.0. The highest BCUT2D eigenvalue weighted by molar-refractivity contribution is 7.08. The summed E-state index contributed by atoms with van der Waals surface area (Å²) in [6, 6.07) is 25.1. The lowest BCUT2D eigenvalue weighted by Gasteiger charge is -2.13. The lowest BCUT2D eigenvalue weighted by molar-refractivity contribution is 1.03. The molecule has 0 spiro atoms. The number of nitrogens with one attached hydrogen (secondary N) is 2. The predicted molar refractivity (Wildman–Crippen MR) is 142 cm³/mol. The van der Waals surface area contributed by atoms with E-state index in [1.54, 1.807) is 17.4 Å². The molecule has 0 unspecified atom stereocenters. The Bertz CT molecular complexity index is 1450. The maximum Gasteiger partial charge on any atom is 0.228 e. The Balaban J connectivity index is 1.34. The molecule has 3 aromatic heterocycles. The Kier molecular flexibility index (Phi) is 6.40. The van der Waals surface area contributed by atoms with Gasteiger partial charge in [0, 0.05) is 22.2 Å². The van der Waals surface area contributed by atoms with Gasteiger partial charge in [-0.1, -0.05) is 42.5 Å². The molecule has 0 fully saturated rings. The zero-order valence-electron chi connectivity index (χ0n) is 18.9. The van der Waals surface area contributed by atoms with Crippen molar-refractivity contribution in [1.82, 2.24) is 20.2 Å². The van der Waals surface area contributed by atoms with Crippen LogP contribution in [0.2, 0.25) is 0 Å². The summed E-state index contributed by atoms with van der Waals surface area (Å²) >= 11 is 1.63. The van der Waals surface area contributed by atoms with Crippen molar-refractivity contribution in [2.45, 2.75) is 6.92 Å². The number of thiophene rings is 1. The zero-order valence-corrected chi connectivity index (χ0v) is 19.7. The van der Waals surface area contributed by atoms with E-state index in [4.69, 9.17) is 5.73 Å². The first-order chi connectivity index (χ1) is 17.1. The van der Waals surface area contributed by atoms with Gasteiger partial charge in [0.05, 0.1) is 22.8 Å². The third-order valence-electron chi connectivity index (χ3n) is 5.06. The fourth-order valence-electron chi connectivity index (χ4n) is 3.44. The number of aryl methyl sites for hydroxylation is 1. The number of hydrogen-bond acceptors (Lipinski definition) is 7. The van der Waals surface area contributed by atoms with E-state index in [2.05, 4.69) is 41.2 Å². The van der Waals surface area contributed by atoms with Gasteiger partial charge in [0.2, 0.25) is 5.95 Å². The van der Waals surface area contributed by atoms with Crippen LogP contribution in [0.5, 0.6) is 0 Å². The Labute approximate surface area is 206 Å². The Morgan fingerprint density at radius 2 is 1.63 bits per heavy atom. The molecule has 3 heterocycles. The van der Waals surface area contributed by atoms with E-state index in [0.29, 0.717) is 11.8 Å². The van der Waals surface area contributed by atoms with Gasteiger partial charge in [-0.2, -0.15) is 16.3 Å². The van der Waals surface area contributed by atoms with Crippen molar-refractivity contribution in [1.29, 1.82) is 0 Å². The summed E-state index contributed by atoms with van der Waals surface area (Å²) in [5.41, 5.74) is 12.2. The van der Waals surface area contributed by atoms with E-state index in [-0.39, 0.29) is 5.96 Å². The number of hydrogen-bond donors (Lipinski definition) is 3. The molecular weight excluding hydrogens is 456 g/mol. The van der Waals surface area contributed by atoms with E-state index in [1.165, 1.54) is 0 Å². The van der Waals surface area contributed by atoms with Gasteiger partial charge in [0.25, 0.3) is 0 Å². The largest absolute Gasteiger partial charge is 0.369 e. The van der Waals surface area contributed by atoms with Gasteiger partial charge in [-0.25, -0.2) is 9.97 Å². The summed E-state index contributed by atoms with van der Waals surface area (Å²) < 4.78 is 0. The average molecular weight is 479 g/mol. The number of anilines is 3. The van der Waals surface area contributed by atoms with E-state index >= 15 is 0 Å². The fraction of sp³-hybridized carbons (Fsp3) is 0.0385. The summed E-state index contributed by atoms with van der Waals surface area (Å²) in [5.74, 6) is 1.09. The number of aliphatic imine (C=N–C) groups is 1. The Hall–Kier alpha value is -4.63. The van der Waals surface area contributed by atoms with E-state index < -0.39 is 0 Å². The fourth-order valence-corrected chi connectivity index (χ4v) is 4.09. The summed E-state index contributed by atoms with van der Waals surface area (Å²) in [5, 5.41) is 18.9. The standard InChI is InChI=1S/C26H22N8S/c1-17-15-23(19-13-14-35-16-19)31-26(28-17)30-22-10-6-5-9-21(22)29-25(27)32-24-12-11-20(33-34-24)18-7-3-2-4-8-18/h2-16H,1H3,(H,28,30,31)(H3,27,29,32,34). The molecule has 0 amide bonds. The van der Waals surface area contributed by atoms with Gasteiger partial charge in [-0.05, 0) is 48.7 Å². The minimum absolute atomic E-state index is 0.185. The highest BCUT2D eigenvalue weighted by Crippen LogP contribution is 2.27. The van der Waals surface area contributed by atoms with Crippen LogP contribution in [0.15, 0.2) is 94.6 Å². The third kappa shape index (κ3) is 5.48. The minimum Gasteiger partial charge on any atom is -0.369 e. The van der Waals surface area contributed by atoms with Crippen LogP contribution in [0.25, 0.3) is 22.5 Å². The number of nitrogens with zero attached hydrogens (tertiary/aromatic N) is 5. The quantitative estimate of drug-likeness (QED) is 0.210. The van der Waals surface area contributed by atoms with Crippen molar-refractivity contribution in [3.05, 3.63) is 95.3 Å². The van der Waals surface area contributed by atoms with Crippen molar-refractivity contribution in [2.75, 3.05) is 10.6 Å². The average Bonchev–Trinajstić information content (AvgIpc) is 3.41. The first-order valence-electron chi connectivity index (χ1n) is 10.9. The van der Waals surface area contributed by atoms with Crippen molar-refractivity contribution >= 4 is 40.4 Å². The molecule has 0 saturated carbocycles. The molecule has 4 N–H and O–H groups in total. The summed E-state index contributed by atoms with van der Waals surface area (Å²) in [7, 11) is 0. The van der Waals surface area contributed by atoms with E-state index in [1.807, 2.05) is 85.1 Å². The molecule has 0 bridgehead atoms. The van der Waals surface area contributed by atoms with E-state index in [9.17, 15) is 0 Å². The monoisotopic (exact) mass is 478 g/mol. The van der Waals surface area contributed by atoms with Gasteiger partial charge in [-0.3, -0.25) is 0 Å². The maximum atomic E-state index is 6.17. The van der Waals surface area contributed by atoms with Gasteiger partial charge in [-0.15, -0.1) is 10.2 Å². The number of guanidine groups is 1. The van der Waals surface area contributed by atoms with Gasteiger partial charge < -0.3 is 16.4 Å². The van der Waals surface area contributed by atoms with Gasteiger partial charge >= 0.3 is 0 Å². The molecule has 0 aliphatic carbocycles. The molecule has 35 heavy (non-hydrogen) atoms. The first-order valence-corrected chi connectivity index (χ1v) is 11.8. The molecule has 5 aromatic rings. The lowest BCUT2D eigenvalue weighted by atomic mass is 10.1. The predicted octanol–water partition coefficient (Wildman–Crippen LogP) is 5.77. The van der Waals surface area contributed by atoms with Crippen LogP contribution >= 0.6 is 11.3 Å². The van der Waals surface area contributed by atoms with Crippen molar-refractivity contribution < 1.29 is 0 Å². The number of rotatable bonds is 6. The highest BCUT2D eigenvalue weighted by Gasteiger charge is 2.09. The molecule has 0 saturated heterocycles. The topological polar surface area (TPSA) is 114 Å². The van der Waals surface area contributed by atoms with Crippen LogP contribution in [0.1, 0.15) is 5.69 Å². The maximum absolute atomic E-state index is 6.17. The van der Waals surface area contributed by atoms with E-state index in [0.717, 1.165) is 39.6 Å². The van der Waals surface area contributed by atoms with Crippen LogP contribution in [-0.4, -0.2) is 26.1 Å². The van der Waals surface area contributed by atoms with Crippen LogP contribution in [0.4, 0.5) is 23.1 Å². The Morgan fingerprint density at radius 3 is 2.37 bits per heavy atom. The lowest BCUT2D eigenvalue weighted by Crippen LogP contribution is -2.22. The molecule has 172 valence electrons. The van der Waals surface area contributed by atoms with Crippen LogP contribution in [-0.2, 0) is 0 Å². The van der Waals surface area contributed by atoms with Gasteiger partial charge in [0.1, 0.15) is 0 Å². The number of para-hydroxylation sites is 2. The number of nitrogens with two attached hydrogens (primary N) is 1. The Morgan fingerprint density at radius 1 is 0.829 bits per heavy atom. The SMILES string of the molecule is Cc1cc(-c2ccsc2)nc(Nc2ccccc2NC(N)=Nc2ccc(-c3ccccc3)nn2)n1.